The second kappa shape index (κ2) is 16.4. The summed E-state index contributed by atoms with van der Waals surface area (Å²) in [5.41, 5.74) is 1.07. The lowest BCUT2D eigenvalue weighted by molar-refractivity contribution is -0.146. The standard InChI is InChI=1S/C35H50N4O5S2/c1-26-33(28-14-7-4-8-15-28)44-35(37-26)38-21-22-39(31(25-38)32(40)19-18-30-17-11-23-45-30)34(41)29(24-27-12-5-3-6-13-27)16-9-10-20-36-46(2,42)43/h4,7-8,11,14-15,17,23,26-27,29,31,33,36H,3,5-6,9-10,12-13,16,18-22,24-25H2,1-2H3/t26-,29+,31+,33-/m1/s1. The molecule has 1 amide bonds. The summed E-state index contributed by atoms with van der Waals surface area (Å²) in [5.74, 6) is 0.485. The Bertz CT molecular complexity index is 1410. The largest absolute Gasteiger partial charge is 0.455 e. The Morgan fingerprint density at radius 1 is 1.07 bits per heavy atom. The highest BCUT2D eigenvalue weighted by Gasteiger charge is 2.41. The van der Waals surface area contributed by atoms with Crippen molar-refractivity contribution < 1.29 is 22.7 Å². The van der Waals surface area contributed by atoms with Gasteiger partial charge >= 0.3 is 0 Å². The van der Waals surface area contributed by atoms with Gasteiger partial charge in [0, 0.05) is 43.4 Å². The summed E-state index contributed by atoms with van der Waals surface area (Å²) >= 11 is 1.65. The molecule has 0 spiro atoms. The Labute approximate surface area is 278 Å². The molecule has 1 saturated carbocycles. The average molecular weight is 671 g/mol. The number of carbonyl (C=O) groups is 2. The van der Waals surface area contributed by atoms with Crippen molar-refractivity contribution in [2.24, 2.45) is 16.8 Å². The molecule has 0 unspecified atom stereocenters. The lowest BCUT2D eigenvalue weighted by Crippen LogP contribution is -2.60. The number of rotatable bonds is 14. The third kappa shape index (κ3) is 9.64. The fourth-order valence-corrected chi connectivity index (χ4v) is 8.39. The van der Waals surface area contributed by atoms with Gasteiger partial charge in [-0.3, -0.25) is 9.59 Å². The first kappa shape index (κ1) is 34.6. The van der Waals surface area contributed by atoms with Gasteiger partial charge in [0.05, 0.1) is 12.3 Å². The van der Waals surface area contributed by atoms with E-state index in [2.05, 4.69) is 34.7 Å². The number of carbonyl (C=O) groups excluding carboxylic acids is 2. The van der Waals surface area contributed by atoms with Crippen LogP contribution in [-0.2, 0) is 30.8 Å². The number of ether oxygens (including phenoxy) is 1. The number of unbranched alkanes of at least 4 members (excludes halogenated alkanes) is 1. The third-order valence-corrected chi connectivity index (χ3v) is 11.3. The van der Waals surface area contributed by atoms with Crippen molar-refractivity contribution in [2.75, 3.05) is 32.4 Å². The van der Waals surface area contributed by atoms with Gasteiger partial charge in [-0.1, -0.05) is 74.9 Å². The maximum Gasteiger partial charge on any atom is 0.288 e. The molecule has 4 atom stereocenters. The molecule has 2 fully saturated rings. The Hall–Kier alpha value is -2.76. The summed E-state index contributed by atoms with van der Waals surface area (Å²) in [4.78, 5) is 38.4. The SMILES string of the molecule is C[C@H]1N=C(N2CCN(C(=O)[C@@H](CCCCNS(C)(=O)=O)CC3CCCCC3)[C@H](C(=O)CCc3cccs3)C2)O[C@H]1c1ccccc1. The first-order valence-electron chi connectivity index (χ1n) is 17.0. The number of aliphatic imine (C=N–C) groups is 1. The fourth-order valence-electron chi connectivity index (χ4n) is 7.17. The quantitative estimate of drug-likeness (QED) is 0.263. The molecule has 1 saturated heterocycles. The lowest BCUT2D eigenvalue weighted by Gasteiger charge is -2.42. The van der Waals surface area contributed by atoms with Crippen molar-refractivity contribution in [3.8, 4) is 0 Å². The van der Waals surface area contributed by atoms with Crippen molar-refractivity contribution in [2.45, 2.75) is 95.7 Å². The van der Waals surface area contributed by atoms with E-state index in [0.717, 1.165) is 31.2 Å². The maximum atomic E-state index is 14.4. The number of hydrogen-bond donors (Lipinski definition) is 1. The predicted octanol–water partition coefficient (Wildman–Crippen LogP) is 5.58. The molecule has 2 aliphatic heterocycles. The van der Waals surface area contributed by atoms with Gasteiger partial charge in [0.1, 0.15) is 12.1 Å². The number of hydrogen-bond acceptors (Lipinski definition) is 8. The van der Waals surface area contributed by atoms with Crippen LogP contribution in [0.5, 0.6) is 0 Å². The number of thiophene rings is 1. The van der Waals surface area contributed by atoms with Gasteiger partial charge in [-0.15, -0.1) is 11.3 Å². The highest BCUT2D eigenvalue weighted by Crippen LogP contribution is 2.34. The highest BCUT2D eigenvalue weighted by atomic mass is 32.2. The number of ketones is 1. The van der Waals surface area contributed by atoms with Crippen LogP contribution in [0.4, 0.5) is 0 Å². The Morgan fingerprint density at radius 3 is 2.57 bits per heavy atom. The monoisotopic (exact) mass is 670 g/mol. The normalized spacial score (nSPS) is 23.2. The molecule has 3 aliphatic rings. The van der Waals surface area contributed by atoms with Crippen LogP contribution in [0, 0.1) is 11.8 Å². The molecule has 1 aromatic carbocycles. The minimum absolute atomic E-state index is 0.0536. The number of nitrogens with one attached hydrogen (secondary N) is 1. The van der Waals surface area contributed by atoms with E-state index >= 15 is 0 Å². The second-order valence-corrected chi connectivity index (χ2v) is 16.1. The maximum absolute atomic E-state index is 14.4. The molecule has 5 rings (SSSR count). The zero-order valence-electron chi connectivity index (χ0n) is 27.3. The number of amidine groups is 1. The van der Waals surface area contributed by atoms with Crippen molar-refractivity contribution in [3.05, 3.63) is 58.3 Å². The zero-order valence-corrected chi connectivity index (χ0v) is 28.9. The van der Waals surface area contributed by atoms with E-state index in [1.165, 1.54) is 30.4 Å². The minimum Gasteiger partial charge on any atom is -0.455 e. The van der Waals surface area contributed by atoms with Gasteiger partial charge in [-0.05, 0) is 55.5 Å². The van der Waals surface area contributed by atoms with Gasteiger partial charge in [-0.2, -0.15) is 0 Å². The molecule has 0 radical (unpaired) electrons. The number of amides is 1. The van der Waals surface area contributed by atoms with Gasteiger partial charge in [0.15, 0.2) is 5.78 Å². The topological polar surface area (TPSA) is 108 Å². The minimum atomic E-state index is -3.24. The first-order valence-corrected chi connectivity index (χ1v) is 19.8. The third-order valence-electron chi connectivity index (χ3n) is 9.65. The van der Waals surface area contributed by atoms with Gasteiger partial charge in [0.2, 0.25) is 15.9 Å². The Balaban J connectivity index is 1.30. The van der Waals surface area contributed by atoms with E-state index in [4.69, 9.17) is 9.73 Å². The van der Waals surface area contributed by atoms with Crippen molar-refractivity contribution in [1.29, 1.82) is 0 Å². The molecule has 252 valence electrons. The zero-order chi connectivity index (χ0) is 32.5. The highest BCUT2D eigenvalue weighted by molar-refractivity contribution is 7.88. The summed E-state index contributed by atoms with van der Waals surface area (Å²) in [6.07, 6.45) is 11.0. The molecule has 3 heterocycles. The second-order valence-electron chi connectivity index (χ2n) is 13.2. The van der Waals surface area contributed by atoms with Crippen molar-refractivity contribution in [1.82, 2.24) is 14.5 Å². The summed E-state index contributed by atoms with van der Waals surface area (Å²) in [6, 6.07) is 14.1. The molecule has 1 N–H and O–H groups in total. The number of piperazine rings is 1. The van der Waals surface area contributed by atoms with E-state index < -0.39 is 16.1 Å². The number of nitrogens with zero attached hydrogens (tertiary/aromatic N) is 3. The number of Topliss-reactive ketones (excluding diaryl/α,β-unsaturated/α-hetero) is 1. The van der Waals surface area contributed by atoms with Crippen molar-refractivity contribution in [3.63, 3.8) is 0 Å². The summed E-state index contributed by atoms with van der Waals surface area (Å²) < 4.78 is 32.1. The van der Waals surface area contributed by atoms with Gasteiger partial charge in [-0.25, -0.2) is 18.1 Å². The van der Waals surface area contributed by atoms with E-state index in [9.17, 15) is 18.0 Å². The van der Waals surface area contributed by atoms with Crippen LogP contribution in [0.3, 0.4) is 0 Å². The van der Waals surface area contributed by atoms with Crippen LogP contribution in [0.15, 0.2) is 52.8 Å². The molecular weight excluding hydrogens is 621 g/mol. The summed E-state index contributed by atoms with van der Waals surface area (Å²) in [6.45, 7) is 3.79. The van der Waals surface area contributed by atoms with E-state index in [-0.39, 0.29) is 29.8 Å². The Kier molecular flexibility index (Phi) is 12.3. The number of benzene rings is 1. The molecule has 1 aliphatic carbocycles. The smallest absolute Gasteiger partial charge is 0.288 e. The molecule has 1 aromatic heterocycles. The van der Waals surface area contributed by atoms with Crippen LogP contribution >= 0.6 is 11.3 Å². The first-order chi connectivity index (χ1) is 22.2. The number of aryl methyl sites for hydroxylation is 1. The van der Waals surface area contributed by atoms with Crippen molar-refractivity contribution >= 4 is 39.1 Å². The van der Waals surface area contributed by atoms with Crippen LogP contribution < -0.4 is 4.72 Å². The average Bonchev–Trinajstić information content (AvgIpc) is 3.72. The van der Waals surface area contributed by atoms with Crippen LogP contribution in [-0.4, -0.2) is 80.4 Å². The van der Waals surface area contributed by atoms with Gasteiger partial charge in [0.25, 0.3) is 6.02 Å². The predicted molar refractivity (Wildman–Crippen MR) is 183 cm³/mol. The van der Waals surface area contributed by atoms with Crippen LogP contribution in [0.2, 0.25) is 0 Å². The summed E-state index contributed by atoms with van der Waals surface area (Å²) in [7, 11) is -3.24. The summed E-state index contributed by atoms with van der Waals surface area (Å²) in [5, 5.41) is 2.03. The molecule has 46 heavy (non-hydrogen) atoms. The van der Waals surface area contributed by atoms with E-state index in [1.54, 1.807) is 11.3 Å². The van der Waals surface area contributed by atoms with Crippen LogP contribution in [0.1, 0.15) is 87.7 Å². The molecular formula is C35H50N4O5S2. The molecule has 9 nitrogen and oxygen atoms in total. The van der Waals surface area contributed by atoms with Crippen LogP contribution in [0.25, 0.3) is 0 Å². The molecule has 11 heteroatoms. The lowest BCUT2D eigenvalue weighted by atomic mass is 9.80. The Morgan fingerprint density at radius 2 is 1.85 bits per heavy atom. The van der Waals surface area contributed by atoms with E-state index in [0.29, 0.717) is 63.8 Å². The molecule has 0 bridgehead atoms. The molecule has 2 aromatic rings. The van der Waals surface area contributed by atoms with E-state index in [1.807, 2.05) is 34.5 Å². The fraction of sp³-hybridized carbons (Fsp3) is 0.629. The number of sulfonamides is 1. The van der Waals surface area contributed by atoms with Gasteiger partial charge < -0.3 is 14.5 Å².